The van der Waals surface area contributed by atoms with Gasteiger partial charge in [-0.2, -0.15) is 4.31 Å². The van der Waals surface area contributed by atoms with Crippen LogP contribution < -0.4 is 5.32 Å². The molecule has 0 aromatic heterocycles. The number of sulfonamides is 1. The monoisotopic (exact) mass is 456 g/mol. The number of carbonyl (C=O) groups is 1. The molecular weight excluding hydrogens is 436 g/mol. The SMILES string of the molecule is CS(=O)(=O)c1ccccc1S(=O)(=O)N1CCC(C(=O)Nc2cccc(Cl)c2)CC1. The van der Waals surface area contributed by atoms with Crippen LogP contribution in [0.15, 0.2) is 58.3 Å². The molecule has 2 aromatic carbocycles. The fourth-order valence-electron chi connectivity index (χ4n) is 3.28. The van der Waals surface area contributed by atoms with Crippen molar-refractivity contribution in [1.29, 1.82) is 0 Å². The zero-order valence-corrected chi connectivity index (χ0v) is 18.1. The molecule has 7 nitrogen and oxygen atoms in total. The van der Waals surface area contributed by atoms with E-state index in [2.05, 4.69) is 5.32 Å². The summed E-state index contributed by atoms with van der Waals surface area (Å²) < 4.78 is 51.2. The van der Waals surface area contributed by atoms with Gasteiger partial charge in [-0.25, -0.2) is 16.8 Å². The number of piperidine rings is 1. The highest BCUT2D eigenvalue weighted by Crippen LogP contribution is 2.28. The van der Waals surface area contributed by atoms with Gasteiger partial charge in [-0.15, -0.1) is 0 Å². The zero-order chi connectivity index (χ0) is 21.2. The summed E-state index contributed by atoms with van der Waals surface area (Å²) in [7, 11) is -7.68. The topological polar surface area (TPSA) is 101 Å². The molecule has 3 rings (SSSR count). The number of amides is 1. The number of nitrogens with one attached hydrogen (secondary N) is 1. The molecule has 0 radical (unpaired) electrons. The lowest BCUT2D eigenvalue weighted by molar-refractivity contribution is -0.120. The number of anilines is 1. The second-order valence-corrected chi connectivity index (χ2v) is 11.2. The summed E-state index contributed by atoms with van der Waals surface area (Å²) in [4.78, 5) is 12.0. The predicted molar refractivity (Wildman–Crippen MR) is 111 cm³/mol. The number of sulfone groups is 1. The van der Waals surface area contributed by atoms with Crippen LogP contribution in [0.3, 0.4) is 0 Å². The first-order valence-electron chi connectivity index (χ1n) is 8.95. The summed E-state index contributed by atoms with van der Waals surface area (Å²) in [6, 6.07) is 12.4. The Labute approximate surface area is 175 Å². The normalized spacial score (nSPS) is 16.5. The molecule has 10 heteroatoms. The highest BCUT2D eigenvalue weighted by atomic mass is 35.5. The van der Waals surface area contributed by atoms with E-state index in [1.54, 1.807) is 24.3 Å². The number of hydrogen-bond donors (Lipinski definition) is 1. The average molecular weight is 457 g/mol. The fraction of sp³-hybridized carbons (Fsp3) is 0.316. The van der Waals surface area contributed by atoms with Gasteiger partial charge < -0.3 is 5.32 Å². The smallest absolute Gasteiger partial charge is 0.244 e. The molecule has 0 atom stereocenters. The Bertz CT molecular complexity index is 1120. The van der Waals surface area contributed by atoms with E-state index >= 15 is 0 Å². The van der Waals surface area contributed by atoms with Gasteiger partial charge >= 0.3 is 0 Å². The minimum atomic E-state index is -3.98. The summed E-state index contributed by atoms with van der Waals surface area (Å²) in [5.74, 6) is -0.536. The molecule has 1 aliphatic heterocycles. The molecule has 1 saturated heterocycles. The number of hydrogen-bond acceptors (Lipinski definition) is 5. The van der Waals surface area contributed by atoms with Crippen molar-refractivity contribution in [2.75, 3.05) is 24.7 Å². The summed E-state index contributed by atoms with van der Waals surface area (Å²) in [6.07, 6.45) is 1.66. The maximum Gasteiger partial charge on any atom is 0.244 e. The number of benzene rings is 2. The van der Waals surface area contributed by atoms with Crippen LogP contribution in [0.5, 0.6) is 0 Å². The Kier molecular flexibility index (Phi) is 6.33. The Morgan fingerprint density at radius 1 is 1.00 bits per heavy atom. The Morgan fingerprint density at radius 3 is 2.21 bits per heavy atom. The van der Waals surface area contributed by atoms with Gasteiger partial charge in [-0.05, 0) is 43.2 Å². The second kappa shape index (κ2) is 8.43. The maximum atomic E-state index is 13.0. The standard InChI is InChI=1S/C19H21ClN2O5S2/c1-28(24,25)17-7-2-3-8-18(17)29(26,27)22-11-9-14(10-12-22)19(23)21-16-6-4-5-15(20)13-16/h2-8,13-14H,9-12H2,1H3,(H,21,23). The summed E-state index contributed by atoms with van der Waals surface area (Å²) in [5.41, 5.74) is 0.583. The molecule has 1 fully saturated rings. The third kappa shape index (κ3) is 4.98. The first-order chi connectivity index (χ1) is 13.6. The van der Waals surface area contributed by atoms with Gasteiger partial charge in [-0.3, -0.25) is 4.79 Å². The molecule has 1 amide bonds. The van der Waals surface area contributed by atoms with E-state index in [0.29, 0.717) is 23.6 Å². The van der Waals surface area contributed by atoms with Gasteiger partial charge in [0.25, 0.3) is 0 Å². The van der Waals surface area contributed by atoms with Crippen LogP contribution in [0.4, 0.5) is 5.69 Å². The van der Waals surface area contributed by atoms with Gasteiger partial charge in [0.2, 0.25) is 15.9 Å². The average Bonchev–Trinajstić information content (AvgIpc) is 2.67. The Balaban J connectivity index is 1.71. The lowest BCUT2D eigenvalue weighted by atomic mass is 9.97. The molecule has 0 aliphatic carbocycles. The lowest BCUT2D eigenvalue weighted by Gasteiger charge is -2.31. The first-order valence-corrected chi connectivity index (χ1v) is 12.7. The minimum absolute atomic E-state index is 0.133. The number of halogens is 1. The molecule has 1 N–H and O–H groups in total. The van der Waals surface area contributed by atoms with Gasteiger partial charge in [0.15, 0.2) is 9.84 Å². The lowest BCUT2D eigenvalue weighted by Crippen LogP contribution is -2.41. The molecular formula is C19H21ClN2O5S2. The quantitative estimate of drug-likeness (QED) is 0.745. The highest BCUT2D eigenvalue weighted by molar-refractivity contribution is 7.93. The molecule has 1 aliphatic rings. The molecule has 0 unspecified atom stereocenters. The van der Waals surface area contributed by atoms with Gasteiger partial charge in [-0.1, -0.05) is 29.8 Å². The van der Waals surface area contributed by atoms with Crippen molar-refractivity contribution in [2.24, 2.45) is 5.92 Å². The zero-order valence-electron chi connectivity index (χ0n) is 15.7. The van der Waals surface area contributed by atoms with E-state index in [0.717, 1.165) is 6.26 Å². The molecule has 0 bridgehead atoms. The summed E-state index contributed by atoms with van der Waals surface area (Å²) in [6.45, 7) is 0.266. The van der Waals surface area contributed by atoms with Gasteiger partial charge in [0.1, 0.15) is 4.90 Å². The second-order valence-electron chi connectivity index (χ2n) is 6.90. The Morgan fingerprint density at radius 2 is 1.62 bits per heavy atom. The van der Waals surface area contributed by atoms with Crippen molar-refractivity contribution in [2.45, 2.75) is 22.6 Å². The molecule has 156 valence electrons. The number of nitrogens with zero attached hydrogens (tertiary/aromatic N) is 1. The van der Waals surface area contributed by atoms with E-state index in [9.17, 15) is 21.6 Å². The van der Waals surface area contributed by atoms with E-state index in [4.69, 9.17) is 11.6 Å². The summed E-state index contributed by atoms with van der Waals surface area (Å²) in [5, 5.41) is 3.30. The summed E-state index contributed by atoms with van der Waals surface area (Å²) >= 11 is 5.92. The van der Waals surface area contributed by atoms with Gasteiger partial charge in [0.05, 0.1) is 4.90 Å². The van der Waals surface area contributed by atoms with Crippen LogP contribution >= 0.6 is 11.6 Å². The van der Waals surface area contributed by atoms with Gasteiger partial charge in [0, 0.05) is 36.0 Å². The fourth-order valence-corrected chi connectivity index (χ4v) is 6.54. The minimum Gasteiger partial charge on any atom is -0.326 e. The maximum absolute atomic E-state index is 13.0. The van der Waals surface area contributed by atoms with Crippen LogP contribution in [-0.4, -0.2) is 46.4 Å². The third-order valence-corrected chi connectivity index (χ3v) is 8.26. The molecule has 1 heterocycles. The van der Waals surface area contributed by atoms with Crippen LogP contribution in [0.2, 0.25) is 5.02 Å². The van der Waals surface area contributed by atoms with Crippen molar-refractivity contribution < 1.29 is 21.6 Å². The molecule has 29 heavy (non-hydrogen) atoms. The van der Waals surface area contributed by atoms with E-state index < -0.39 is 19.9 Å². The molecule has 0 spiro atoms. The van der Waals surface area contributed by atoms with Crippen LogP contribution in [-0.2, 0) is 24.7 Å². The number of carbonyl (C=O) groups excluding carboxylic acids is 1. The molecule has 2 aromatic rings. The van der Waals surface area contributed by atoms with Crippen LogP contribution in [0, 0.1) is 5.92 Å². The Hall–Kier alpha value is -1.94. The first kappa shape index (κ1) is 21.8. The van der Waals surface area contributed by atoms with Crippen LogP contribution in [0.25, 0.3) is 0 Å². The van der Waals surface area contributed by atoms with Crippen molar-refractivity contribution in [3.05, 3.63) is 53.6 Å². The van der Waals surface area contributed by atoms with E-state index in [1.165, 1.54) is 28.6 Å². The predicted octanol–water partition coefficient (Wildman–Crippen LogP) is 2.78. The highest BCUT2D eigenvalue weighted by Gasteiger charge is 2.34. The van der Waals surface area contributed by atoms with E-state index in [-0.39, 0.29) is 34.7 Å². The van der Waals surface area contributed by atoms with Crippen molar-refractivity contribution in [3.8, 4) is 0 Å². The molecule has 0 saturated carbocycles. The van der Waals surface area contributed by atoms with E-state index in [1.807, 2.05) is 0 Å². The van der Waals surface area contributed by atoms with Crippen molar-refractivity contribution >= 4 is 43.1 Å². The van der Waals surface area contributed by atoms with Crippen molar-refractivity contribution in [1.82, 2.24) is 4.31 Å². The third-order valence-electron chi connectivity index (χ3n) is 4.78. The largest absolute Gasteiger partial charge is 0.326 e. The number of rotatable bonds is 5. The van der Waals surface area contributed by atoms with Crippen molar-refractivity contribution in [3.63, 3.8) is 0 Å². The van der Waals surface area contributed by atoms with Crippen LogP contribution in [0.1, 0.15) is 12.8 Å².